The summed E-state index contributed by atoms with van der Waals surface area (Å²) in [4.78, 5) is 48.5. The third-order valence-corrected chi connectivity index (χ3v) is 5.07. The third-order valence-electron chi connectivity index (χ3n) is 5.07. The fourth-order valence-corrected chi connectivity index (χ4v) is 3.14. The minimum absolute atomic E-state index is 0.0408. The summed E-state index contributed by atoms with van der Waals surface area (Å²) >= 11 is 0. The van der Waals surface area contributed by atoms with Gasteiger partial charge < -0.3 is 5.32 Å². The molecule has 10 nitrogen and oxygen atoms in total. The molecule has 2 heterocycles. The van der Waals surface area contributed by atoms with Gasteiger partial charge in [-0.3, -0.25) is 29.3 Å². The maximum absolute atomic E-state index is 12.6. The first-order valence-electron chi connectivity index (χ1n) is 11.1. The van der Waals surface area contributed by atoms with Crippen molar-refractivity contribution in [3.63, 3.8) is 0 Å². The number of nitriles is 1. The fraction of sp³-hybridized carbons (Fsp3) is 0.360. The van der Waals surface area contributed by atoms with E-state index in [9.17, 15) is 29.8 Å². The van der Waals surface area contributed by atoms with Gasteiger partial charge in [-0.2, -0.15) is 5.26 Å². The molecule has 2 N–H and O–H groups in total. The number of nitrogens with one attached hydrogen (secondary N) is 2. The van der Waals surface area contributed by atoms with Crippen LogP contribution in [0.4, 0.5) is 0 Å². The van der Waals surface area contributed by atoms with E-state index < -0.39 is 17.0 Å². The molecule has 186 valence electrons. The molecular weight excluding hydrogens is 450 g/mol. The molecule has 0 fully saturated rings. The van der Waals surface area contributed by atoms with Crippen molar-refractivity contribution in [1.29, 1.82) is 5.26 Å². The molecule has 0 amide bonds. The van der Waals surface area contributed by atoms with Gasteiger partial charge in [0.25, 0.3) is 11.3 Å². The molecule has 0 spiro atoms. The zero-order valence-electron chi connectivity index (χ0n) is 20.6. The summed E-state index contributed by atoms with van der Waals surface area (Å²) in [5, 5.41) is 22.2. The second-order valence-electron chi connectivity index (χ2n) is 7.84. The van der Waals surface area contributed by atoms with Crippen LogP contribution in [0.15, 0.2) is 69.1 Å². The highest BCUT2D eigenvalue weighted by Crippen LogP contribution is 2.15. The van der Waals surface area contributed by atoms with Crippen molar-refractivity contribution >= 4 is 5.78 Å². The van der Waals surface area contributed by atoms with Crippen LogP contribution in [0, 0.1) is 21.4 Å². The molecule has 1 aromatic rings. The zero-order valence-corrected chi connectivity index (χ0v) is 20.6. The standard InChI is InChI=1S/C19H23N3O3.C6H8N2O2/c1-6-13(7-2)10-14(11-20)8-9-15(23)17-16(12(3)4)18(24)21-19(25)22(17)5;9-8(10)6-3-1-2-4-7-5-6/h6,8-10,12H,7H2,1-5H3,(H,21,24,25);1-2,5,7H,3-4H2/b9-8+,13-6-,14-10+;. The molecule has 0 atom stereocenters. The van der Waals surface area contributed by atoms with E-state index in [-0.39, 0.29) is 27.8 Å². The Hall–Kier alpha value is -4.26. The molecular formula is C25H31N5O5. The number of allylic oxidation sites excluding steroid dienone is 7. The molecule has 0 saturated heterocycles. The lowest BCUT2D eigenvalue weighted by atomic mass is 9.99. The minimum atomic E-state index is -0.649. The number of ketones is 1. The first kappa shape index (κ1) is 28.8. The lowest BCUT2D eigenvalue weighted by molar-refractivity contribution is -0.427. The Balaban J connectivity index is 0.000000507. The van der Waals surface area contributed by atoms with E-state index in [1.807, 2.05) is 32.1 Å². The normalized spacial score (nSPS) is 13.9. The average Bonchev–Trinajstić information content (AvgIpc) is 3.11. The Bertz CT molecular complexity index is 1250. The largest absolute Gasteiger partial charge is 0.382 e. The number of carbonyl (C=O) groups excluding carboxylic acids is 1. The van der Waals surface area contributed by atoms with Crippen molar-refractivity contribution in [2.24, 2.45) is 7.05 Å². The van der Waals surface area contributed by atoms with Gasteiger partial charge in [-0.1, -0.05) is 44.6 Å². The quantitative estimate of drug-likeness (QED) is 0.115. The van der Waals surface area contributed by atoms with Crippen molar-refractivity contribution in [3.05, 3.63) is 102 Å². The van der Waals surface area contributed by atoms with Gasteiger partial charge in [0.2, 0.25) is 5.78 Å². The van der Waals surface area contributed by atoms with Crippen LogP contribution in [0.1, 0.15) is 62.5 Å². The summed E-state index contributed by atoms with van der Waals surface area (Å²) in [6.45, 7) is 8.07. The van der Waals surface area contributed by atoms with Gasteiger partial charge in [-0.05, 0) is 37.5 Å². The SMILES string of the molecule is C\C=C(/C=C(C#N)\C=C\C(=O)c1c(C(C)C)c(=O)[nH]c(=O)n1C)CC.O=[N+]([O-])C1=CNCC=CC1. The van der Waals surface area contributed by atoms with E-state index in [0.717, 1.165) is 16.6 Å². The van der Waals surface area contributed by atoms with E-state index in [4.69, 9.17) is 0 Å². The van der Waals surface area contributed by atoms with Gasteiger partial charge in [0.15, 0.2) is 0 Å². The van der Waals surface area contributed by atoms with E-state index in [1.165, 1.54) is 25.4 Å². The summed E-state index contributed by atoms with van der Waals surface area (Å²) in [5.74, 6) is -0.724. The molecule has 35 heavy (non-hydrogen) atoms. The Morgan fingerprint density at radius 3 is 2.54 bits per heavy atom. The lowest BCUT2D eigenvalue weighted by Gasteiger charge is -2.12. The lowest BCUT2D eigenvalue weighted by Crippen LogP contribution is -2.35. The fourth-order valence-electron chi connectivity index (χ4n) is 3.14. The Morgan fingerprint density at radius 1 is 1.31 bits per heavy atom. The Morgan fingerprint density at radius 2 is 2.00 bits per heavy atom. The number of H-pyrrole nitrogens is 1. The van der Waals surface area contributed by atoms with Crippen LogP contribution in [0.5, 0.6) is 0 Å². The Kier molecular flexibility index (Phi) is 11.6. The molecule has 0 aliphatic carbocycles. The number of rotatable bonds is 7. The van der Waals surface area contributed by atoms with Gasteiger partial charge in [0.05, 0.1) is 29.2 Å². The van der Waals surface area contributed by atoms with Gasteiger partial charge in [-0.15, -0.1) is 0 Å². The highest BCUT2D eigenvalue weighted by Gasteiger charge is 2.20. The van der Waals surface area contributed by atoms with E-state index in [1.54, 1.807) is 26.0 Å². The van der Waals surface area contributed by atoms with Gasteiger partial charge in [0, 0.05) is 19.2 Å². The molecule has 0 bridgehead atoms. The summed E-state index contributed by atoms with van der Waals surface area (Å²) in [5.41, 5.74) is 0.594. The molecule has 0 unspecified atom stereocenters. The van der Waals surface area contributed by atoms with E-state index >= 15 is 0 Å². The first-order chi connectivity index (χ1) is 16.6. The summed E-state index contributed by atoms with van der Waals surface area (Å²) < 4.78 is 1.13. The van der Waals surface area contributed by atoms with E-state index in [2.05, 4.69) is 10.3 Å². The maximum Gasteiger partial charge on any atom is 0.328 e. The highest BCUT2D eigenvalue weighted by molar-refractivity contribution is 6.04. The predicted molar refractivity (Wildman–Crippen MR) is 134 cm³/mol. The molecule has 1 aromatic heterocycles. The van der Waals surface area contributed by atoms with Gasteiger partial charge >= 0.3 is 5.69 Å². The monoisotopic (exact) mass is 481 g/mol. The molecule has 0 aromatic carbocycles. The van der Waals surface area contributed by atoms with Crippen molar-refractivity contribution in [2.75, 3.05) is 6.54 Å². The number of nitrogens with zero attached hydrogens (tertiary/aromatic N) is 3. The summed E-state index contributed by atoms with van der Waals surface area (Å²) in [7, 11) is 1.43. The van der Waals surface area contributed by atoms with Crippen LogP contribution in [-0.2, 0) is 7.05 Å². The predicted octanol–water partition coefficient (Wildman–Crippen LogP) is 3.40. The first-order valence-corrected chi connectivity index (χ1v) is 11.1. The molecule has 2 rings (SSSR count). The van der Waals surface area contributed by atoms with Crippen LogP contribution < -0.4 is 16.6 Å². The van der Waals surface area contributed by atoms with Gasteiger partial charge in [0.1, 0.15) is 5.69 Å². The number of aromatic amines is 1. The Labute approximate surface area is 203 Å². The van der Waals surface area contributed by atoms with Crippen LogP contribution in [0.3, 0.4) is 0 Å². The zero-order chi connectivity index (χ0) is 26.5. The summed E-state index contributed by atoms with van der Waals surface area (Å²) in [6, 6.07) is 2.03. The summed E-state index contributed by atoms with van der Waals surface area (Å²) in [6.07, 6.45) is 12.5. The van der Waals surface area contributed by atoms with Crippen LogP contribution >= 0.6 is 0 Å². The van der Waals surface area contributed by atoms with Crippen LogP contribution in [0.2, 0.25) is 0 Å². The van der Waals surface area contributed by atoms with Gasteiger partial charge in [-0.25, -0.2) is 4.79 Å². The molecule has 1 aliphatic heterocycles. The average molecular weight is 482 g/mol. The van der Waals surface area contributed by atoms with Crippen molar-refractivity contribution in [1.82, 2.24) is 14.9 Å². The topological polar surface area (TPSA) is 151 Å². The van der Waals surface area contributed by atoms with Crippen LogP contribution in [0.25, 0.3) is 0 Å². The molecule has 0 saturated carbocycles. The van der Waals surface area contributed by atoms with E-state index in [0.29, 0.717) is 18.5 Å². The second kappa shape index (κ2) is 14.1. The number of aromatic nitrogens is 2. The molecule has 0 radical (unpaired) electrons. The molecule has 1 aliphatic rings. The number of hydrogen-bond acceptors (Lipinski definition) is 7. The van der Waals surface area contributed by atoms with Crippen LogP contribution in [-0.4, -0.2) is 26.8 Å². The minimum Gasteiger partial charge on any atom is -0.382 e. The number of carbonyl (C=O) groups is 1. The van der Waals surface area contributed by atoms with Crippen molar-refractivity contribution in [2.45, 2.75) is 46.5 Å². The highest BCUT2D eigenvalue weighted by atomic mass is 16.6. The maximum atomic E-state index is 12.6. The number of nitro groups is 1. The molecule has 10 heteroatoms. The smallest absolute Gasteiger partial charge is 0.328 e. The van der Waals surface area contributed by atoms with Crippen molar-refractivity contribution < 1.29 is 9.72 Å². The third kappa shape index (κ3) is 8.55. The number of hydrogen-bond donors (Lipinski definition) is 2. The van der Waals surface area contributed by atoms with Crippen molar-refractivity contribution in [3.8, 4) is 6.07 Å². The second-order valence-corrected chi connectivity index (χ2v) is 7.84.